The average Bonchev–Trinajstić information content (AvgIpc) is 2.78. The first-order chi connectivity index (χ1) is 8.11. The number of nitrogens with zero attached hydrogens (tertiary/aromatic N) is 1. The number of aromatic carboxylic acids is 1. The molecule has 0 aliphatic heterocycles. The highest BCUT2D eigenvalue weighted by Crippen LogP contribution is 2.23. The molecule has 0 atom stereocenters. The second-order valence-corrected chi connectivity index (χ2v) is 3.23. The van der Waals surface area contributed by atoms with E-state index < -0.39 is 11.8 Å². The highest BCUT2D eigenvalue weighted by atomic mass is 19.1. The number of hydrogen-bond donors (Lipinski definition) is 1. The van der Waals surface area contributed by atoms with Gasteiger partial charge in [-0.2, -0.15) is 0 Å². The van der Waals surface area contributed by atoms with Crippen molar-refractivity contribution in [2.45, 2.75) is 0 Å². The minimum Gasteiger partial charge on any atom is -0.475 e. The molecule has 6 heteroatoms. The van der Waals surface area contributed by atoms with E-state index in [0.717, 1.165) is 18.2 Å². The Bertz CT molecular complexity index is 591. The fourth-order valence-corrected chi connectivity index (χ4v) is 1.36. The molecule has 86 valence electrons. The van der Waals surface area contributed by atoms with E-state index in [0.29, 0.717) is 6.29 Å². The molecule has 1 N–H and O–H groups in total. The molecule has 0 saturated carbocycles. The van der Waals surface area contributed by atoms with Crippen molar-refractivity contribution in [1.82, 2.24) is 5.16 Å². The second-order valence-electron chi connectivity index (χ2n) is 3.23. The van der Waals surface area contributed by atoms with Gasteiger partial charge in [-0.05, 0) is 18.2 Å². The highest BCUT2D eigenvalue weighted by Gasteiger charge is 2.15. The number of hydrogen-bond acceptors (Lipinski definition) is 4. The van der Waals surface area contributed by atoms with E-state index >= 15 is 0 Å². The first-order valence-corrected chi connectivity index (χ1v) is 4.57. The molecule has 0 saturated heterocycles. The summed E-state index contributed by atoms with van der Waals surface area (Å²) in [5, 5.41) is 12.1. The molecule has 0 unspecified atom stereocenters. The summed E-state index contributed by atoms with van der Waals surface area (Å²) in [7, 11) is 0. The van der Waals surface area contributed by atoms with Crippen LogP contribution in [-0.4, -0.2) is 22.5 Å². The van der Waals surface area contributed by atoms with Crippen molar-refractivity contribution in [3.8, 4) is 11.3 Å². The number of halogens is 1. The molecule has 0 bridgehead atoms. The van der Waals surface area contributed by atoms with Gasteiger partial charge in [-0.15, -0.1) is 0 Å². The monoisotopic (exact) mass is 235 g/mol. The summed E-state index contributed by atoms with van der Waals surface area (Å²) >= 11 is 0. The summed E-state index contributed by atoms with van der Waals surface area (Å²) < 4.78 is 17.6. The van der Waals surface area contributed by atoms with Gasteiger partial charge >= 0.3 is 5.97 Å². The Morgan fingerprint density at radius 3 is 2.76 bits per heavy atom. The van der Waals surface area contributed by atoms with Crippen LogP contribution in [0.25, 0.3) is 11.3 Å². The van der Waals surface area contributed by atoms with Gasteiger partial charge in [0.25, 0.3) is 0 Å². The van der Waals surface area contributed by atoms with Gasteiger partial charge < -0.3 is 9.63 Å². The molecule has 0 aliphatic carbocycles. The number of benzene rings is 1. The van der Waals surface area contributed by atoms with E-state index in [1.165, 1.54) is 6.07 Å². The van der Waals surface area contributed by atoms with Gasteiger partial charge in [-0.25, -0.2) is 9.18 Å². The zero-order valence-corrected chi connectivity index (χ0v) is 8.38. The van der Waals surface area contributed by atoms with Gasteiger partial charge in [0.2, 0.25) is 5.76 Å². The van der Waals surface area contributed by atoms with Crippen molar-refractivity contribution in [1.29, 1.82) is 0 Å². The minimum absolute atomic E-state index is 0.101. The molecule has 1 heterocycles. The first kappa shape index (κ1) is 11.0. The summed E-state index contributed by atoms with van der Waals surface area (Å²) in [6.45, 7) is 0. The molecule has 0 aliphatic rings. The lowest BCUT2D eigenvalue weighted by molar-refractivity contribution is 0.0652. The minimum atomic E-state index is -1.28. The standard InChI is InChI=1S/C11H6FNO4/c12-7-2-1-6(5-14)8(3-7)9-4-10(11(15)16)17-13-9/h1-5H,(H,15,16). The summed E-state index contributed by atoms with van der Waals surface area (Å²) in [6, 6.07) is 4.63. The Balaban J connectivity index is 2.54. The largest absolute Gasteiger partial charge is 0.475 e. The number of aromatic nitrogens is 1. The predicted octanol–water partition coefficient (Wildman–Crippen LogP) is 1.99. The molecule has 17 heavy (non-hydrogen) atoms. The summed E-state index contributed by atoms with van der Waals surface area (Å²) in [5.41, 5.74) is 0.497. The van der Waals surface area contributed by atoms with E-state index in [-0.39, 0.29) is 22.6 Å². The van der Waals surface area contributed by atoms with Crippen molar-refractivity contribution < 1.29 is 23.6 Å². The van der Waals surface area contributed by atoms with Crippen LogP contribution in [0.3, 0.4) is 0 Å². The number of carboxylic acids is 1. The smallest absolute Gasteiger partial charge is 0.374 e. The van der Waals surface area contributed by atoms with E-state index in [9.17, 15) is 14.0 Å². The van der Waals surface area contributed by atoms with Crippen LogP contribution in [0.1, 0.15) is 20.9 Å². The van der Waals surface area contributed by atoms with Crippen molar-refractivity contribution in [2.75, 3.05) is 0 Å². The highest BCUT2D eigenvalue weighted by molar-refractivity contribution is 5.89. The first-order valence-electron chi connectivity index (χ1n) is 4.57. The zero-order chi connectivity index (χ0) is 12.4. The van der Waals surface area contributed by atoms with Crippen LogP contribution >= 0.6 is 0 Å². The molecule has 2 aromatic rings. The van der Waals surface area contributed by atoms with Crippen LogP contribution < -0.4 is 0 Å². The van der Waals surface area contributed by atoms with Crippen LogP contribution in [0.15, 0.2) is 28.8 Å². The maximum absolute atomic E-state index is 13.0. The molecule has 2 rings (SSSR count). The molecular formula is C11H6FNO4. The lowest BCUT2D eigenvalue weighted by Crippen LogP contribution is -1.92. The van der Waals surface area contributed by atoms with Gasteiger partial charge in [-0.1, -0.05) is 5.16 Å². The maximum atomic E-state index is 13.0. The number of rotatable bonds is 3. The Labute approximate surface area is 94.5 Å². The molecule has 0 fully saturated rings. The van der Waals surface area contributed by atoms with E-state index in [2.05, 4.69) is 9.68 Å². The fourth-order valence-electron chi connectivity index (χ4n) is 1.36. The topological polar surface area (TPSA) is 80.4 Å². The number of carbonyl (C=O) groups excluding carboxylic acids is 1. The molecule has 1 aromatic carbocycles. The van der Waals surface area contributed by atoms with Crippen molar-refractivity contribution in [2.24, 2.45) is 0 Å². The van der Waals surface area contributed by atoms with Crippen LogP contribution in [0.5, 0.6) is 0 Å². The number of aldehydes is 1. The van der Waals surface area contributed by atoms with Gasteiger partial charge in [-0.3, -0.25) is 4.79 Å². The maximum Gasteiger partial charge on any atom is 0.374 e. The van der Waals surface area contributed by atoms with Crippen LogP contribution in [0.4, 0.5) is 4.39 Å². The third kappa shape index (κ3) is 2.05. The van der Waals surface area contributed by atoms with Crippen LogP contribution in [0.2, 0.25) is 0 Å². The molecule has 1 aromatic heterocycles. The predicted molar refractivity (Wildman–Crippen MR) is 54.2 cm³/mol. The molecule has 0 amide bonds. The quantitative estimate of drug-likeness (QED) is 0.823. The summed E-state index contributed by atoms with van der Waals surface area (Å²) in [5.74, 6) is -2.21. The van der Waals surface area contributed by atoms with Gasteiger partial charge in [0.1, 0.15) is 11.5 Å². The lowest BCUT2D eigenvalue weighted by Gasteiger charge is -1.99. The zero-order valence-electron chi connectivity index (χ0n) is 8.38. The average molecular weight is 235 g/mol. The lowest BCUT2D eigenvalue weighted by atomic mass is 10.1. The summed E-state index contributed by atoms with van der Waals surface area (Å²) in [6.07, 6.45) is 0.532. The van der Waals surface area contributed by atoms with Gasteiger partial charge in [0, 0.05) is 17.2 Å². The third-order valence-corrected chi connectivity index (χ3v) is 2.14. The molecule has 0 spiro atoms. The Morgan fingerprint density at radius 1 is 1.41 bits per heavy atom. The van der Waals surface area contributed by atoms with Crippen LogP contribution in [-0.2, 0) is 0 Å². The Hall–Kier alpha value is -2.50. The van der Waals surface area contributed by atoms with Crippen molar-refractivity contribution in [3.05, 3.63) is 41.4 Å². The van der Waals surface area contributed by atoms with Crippen LogP contribution in [0, 0.1) is 5.82 Å². The van der Waals surface area contributed by atoms with E-state index in [4.69, 9.17) is 5.11 Å². The third-order valence-electron chi connectivity index (χ3n) is 2.14. The second kappa shape index (κ2) is 4.17. The van der Waals surface area contributed by atoms with Crippen molar-refractivity contribution >= 4 is 12.3 Å². The van der Waals surface area contributed by atoms with E-state index in [1.54, 1.807) is 0 Å². The Kier molecular flexibility index (Phi) is 2.70. The SMILES string of the molecule is O=Cc1ccc(F)cc1-c1cc(C(=O)O)on1. The normalized spacial score (nSPS) is 10.2. The van der Waals surface area contributed by atoms with Gasteiger partial charge in [0.05, 0.1) is 0 Å². The molecule has 0 radical (unpaired) electrons. The fraction of sp³-hybridized carbons (Fsp3) is 0. The van der Waals surface area contributed by atoms with Crippen molar-refractivity contribution in [3.63, 3.8) is 0 Å². The number of carbonyl (C=O) groups is 2. The van der Waals surface area contributed by atoms with Gasteiger partial charge in [0.15, 0.2) is 6.29 Å². The summed E-state index contributed by atoms with van der Waals surface area (Å²) in [4.78, 5) is 21.3. The molecular weight excluding hydrogens is 229 g/mol. The number of carboxylic acid groups (broad SMARTS) is 1. The Morgan fingerprint density at radius 2 is 2.18 bits per heavy atom. The van der Waals surface area contributed by atoms with E-state index in [1.807, 2.05) is 0 Å². The molecule has 5 nitrogen and oxygen atoms in total.